The van der Waals surface area contributed by atoms with E-state index in [1.54, 1.807) is 7.11 Å². The minimum absolute atomic E-state index is 0.208. The van der Waals surface area contributed by atoms with Gasteiger partial charge in [-0.1, -0.05) is 28.9 Å². The number of benzene rings is 1. The number of halogens is 1. The van der Waals surface area contributed by atoms with E-state index in [4.69, 9.17) is 4.74 Å². The third-order valence-electron chi connectivity index (χ3n) is 3.17. The first-order valence-corrected chi connectivity index (χ1v) is 7.50. The number of hydrogen-bond donors (Lipinski definition) is 1. The molecule has 0 aliphatic heterocycles. The fraction of sp³-hybridized carbons (Fsp3) is 0.312. The van der Waals surface area contributed by atoms with Gasteiger partial charge in [0.05, 0.1) is 7.11 Å². The molecular weight excluding hydrogens is 316 g/mol. The predicted molar refractivity (Wildman–Crippen MR) is 85.1 cm³/mol. The van der Waals surface area contributed by atoms with Crippen molar-refractivity contribution in [1.82, 2.24) is 10.3 Å². The molecule has 4 heteroatoms. The van der Waals surface area contributed by atoms with E-state index in [9.17, 15) is 0 Å². The number of pyridine rings is 1. The first kappa shape index (κ1) is 15.0. The molecule has 106 valence electrons. The van der Waals surface area contributed by atoms with Gasteiger partial charge in [0.1, 0.15) is 5.75 Å². The van der Waals surface area contributed by atoms with Crippen LogP contribution in [0.25, 0.3) is 0 Å². The van der Waals surface area contributed by atoms with E-state index in [0.717, 1.165) is 28.9 Å². The Morgan fingerprint density at radius 2 is 2.15 bits per heavy atom. The van der Waals surface area contributed by atoms with Gasteiger partial charge in [0.25, 0.3) is 0 Å². The van der Waals surface area contributed by atoms with Gasteiger partial charge in [0.2, 0.25) is 0 Å². The largest absolute Gasteiger partial charge is 0.497 e. The molecule has 1 unspecified atom stereocenters. The fourth-order valence-corrected chi connectivity index (χ4v) is 2.71. The van der Waals surface area contributed by atoms with Gasteiger partial charge < -0.3 is 10.1 Å². The highest BCUT2D eigenvalue weighted by atomic mass is 79.9. The van der Waals surface area contributed by atoms with Gasteiger partial charge in [-0.3, -0.25) is 4.98 Å². The summed E-state index contributed by atoms with van der Waals surface area (Å²) >= 11 is 3.63. The summed E-state index contributed by atoms with van der Waals surface area (Å²) in [5.74, 6) is 0.868. The van der Waals surface area contributed by atoms with E-state index in [0.29, 0.717) is 0 Å². The van der Waals surface area contributed by atoms with Crippen molar-refractivity contribution in [2.75, 3.05) is 13.7 Å². The molecule has 0 aliphatic rings. The third kappa shape index (κ3) is 3.81. The van der Waals surface area contributed by atoms with Gasteiger partial charge in [-0.05, 0) is 42.4 Å². The zero-order valence-electron chi connectivity index (χ0n) is 11.8. The molecule has 2 aromatic rings. The van der Waals surface area contributed by atoms with E-state index >= 15 is 0 Å². The summed E-state index contributed by atoms with van der Waals surface area (Å²) in [7, 11) is 1.69. The number of ether oxygens (including phenoxy) is 1. The summed E-state index contributed by atoms with van der Waals surface area (Å²) in [6, 6.07) is 12.3. The third-order valence-corrected chi connectivity index (χ3v) is 3.89. The minimum Gasteiger partial charge on any atom is -0.497 e. The van der Waals surface area contributed by atoms with Crippen molar-refractivity contribution in [3.05, 3.63) is 58.3 Å². The van der Waals surface area contributed by atoms with E-state index in [2.05, 4.69) is 45.3 Å². The topological polar surface area (TPSA) is 34.2 Å². The SMILES string of the molecule is CCNC(Cc1ccccn1)c1cc(OC)ccc1Br. The summed E-state index contributed by atoms with van der Waals surface area (Å²) in [5.41, 5.74) is 2.27. The molecule has 0 aliphatic carbocycles. The van der Waals surface area contributed by atoms with Crippen molar-refractivity contribution in [1.29, 1.82) is 0 Å². The van der Waals surface area contributed by atoms with Crippen LogP contribution in [0.2, 0.25) is 0 Å². The summed E-state index contributed by atoms with van der Waals surface area (Å²) < 4.78 is 6.41. The molecule has 0 saturated carbocycles. The Morgan fingerprint density at radius 1 is 1.30 bits per heavy atom. The van der Waals surface area contributed by atoms with Crippen LogP contribution < -0.4 is 10.1 Å². The van der Waals surface area contributed by atoms with Crippen molar-refractivity contribution in [2.24, 2.45) is 0 Å². The van der Waals surface area contributed by atoms with Gasteiger partial charge in [-0.2, -0.15) is 0 Å². The molecule has 3 nitrogen and oxygen atoms in total. The molecule has 1 atom stereocenters. The molecule has 1 aromatic carbocycles. The number of rotatable bonds is 6. The smallest absolute Gasteiger partial charge is 0.119 e. The quantitative estimate of drug-likeness (QED) is 0.873. The van der Waals surface area contributed by atoms with E-state index < -0.39 is 0 Å². The van der Waals surface area contributed by atoms with Gasteiger partial charge in [-0.25, -0.2) is 0 Å². The summed E-state index contributed by atoms with van der Waals surface area (Å²) in [6.45, 7) is 3.01. The maximum atomic E-state index is 5.32. The summed E-state index contributed by atoms with van der Waals surface area (Å²) in [4.78, 5) is 4.41. The molecule has 1 aromatic heterocycles. The van der Waals surface area contributed by atoms with Crippen LogP contribution in [-0.4, -0.2) is 18.6 Å². The Hall–Kier alpha value is -1.39. The van der Waals surface area contributed by atoms with Crippen LogP contribution >= 0.6 is 15.9 Å². The average Bonchev–Trinajstić information content (AvgIpc) is 2.48. The van der Waals surface area contributed by atoms with Crippen LogP contribution in [0, 0.1) is 0 Å². The average molecular weight is 335 g/mol. The molecular formula is C16H19BrN2O. The molecule has 0 amide bonds. The number of nitrogens with zero attached hydrogens (tertiary/aromatic N) is 1. The Kier molecular flexibility index (Phi) is 5.56. The highest BCUT2D eigenvalue weighted by molar-refractivity contribution is 9.10. The molecule has 0 bridgehead atoms. The molecule has 1 heterocycles. The van der Waals surface area contributed by atoms with Crippen LogP contribution in [-0.2, 0) is 6.42 Å². The van der Waals surface area contributed by atoms with Crippen LogP contribution in [0.5, 0.6) is 5.75 Å². The van der Waals surface area contributed by atoms with Gasteiger partial charge >= 0.3 is 0 Å². The molecule has 0 spiro atoms. The van der Waals surface area contributed by atoms with Gasteiger partial charge in [-0.15, -0.1) is 0 Å². The number of nitrogens with one attached hydrogen (secondary N) is 1. The van der Waals surface area contributed by atoms with Crippen molar-refractivity contribution < 1.29 is 4.74 Å². The Bertz CT molecular complexity index is 545. The highest BCUT2D eigenvalue weighted by Gasteiger charge is 2.15. The number of aromatic nitrogens is 1. The normalized spacial score (nSPS) is 12.2. The molecule has 20 heavy (non-hydrogen) atoms. The Morgan fingerprint density at radius 3 is 2.80 bits per heavy atom. The Balaban J connectivity index is 2.28. The van der Waals surface area contributed by atoms with Crippen molar-refractivity contribution in [3.63, 3.8) is 0 Å². The summed E-state index contributed by atoms with van der Waals surface area (Å²) in [5, 5.41) is 3.51. The fourth-order valence-electron chi connectivity index (χ4n) is 2.18. The lowest BCUT2D eigenvalue weighted by Gasteiger charge is -2.20. The monoisotopic (exact) mass is 334 g/mol. The molecule has 1 N–H and O–H groups in total. The minimum atomic E-state index is 0.208. The van der Waals surface area contributed by atoms with Crippen LogP contribution in [0.15, 0.2) is 47.1 Å². The maximum absolute atomic E-state index is 5.32. The second-order valence-corrected chi connectivity index (χ2v) is 5.38. The first-order chi connectivity index (χ1) is 9.74. The lowest BCUT2D eigenvalue weighted by molar-refractivity contribution is 0.412. The maximum Gasteiger partial charge on any atom is 0.119 e. The van der Waals surface area contributed by atoms with Crippen molar-refractivity contribution >= 4 is 15.9 Å². The van der Waals surface area contributed by atoms with Crippen molar-refractivity contribution in [3.8, 4) is 5.75 Å². The summed E-state index contributed by atoms with van der Waals surface area (Å²) in [6.07, 6.45) is 2.68. The molecule has 0 saturated heterocycles. The van der Waals surface area contributed by atoms with Crippen molar-refractivity contribution in [2.45, 2.75) is 19.4 Å². The standard InChI is InChI=1S/C16H19BrN2O/c1-3-18-16(10-12-6-4-5-9-19-12)14-11-13(20-2)7-8-15(14)17/h4-9,11,16,18H,3,10H2,1-2H3. The molecule has 2 rings (SSSR count). The number of likely N-dealkylation sites (N-methyl/N-ethyl adjacent to an activating group) is 1. The van der Waals surface area contributed by atoms with E-state index in [1.807, 2.05) is 30.5 Å². The lowest BCUT2D eigenvalue weighted by atomic mass is 10.0. The van der Waals surface area contributed by atoms with Crippen LogP contribution in [0.1, 0.15) is 24.2 Å². The van der Waals surface area contributed by atoms with E-state index in [1.165, 1.54) is 5.56 Å². The van der Waals surface area contributed by atoms with Gasteiger partial charge in [0.15, 0.2) is 0 Å². The lowest BCUT2D eigenvalue weighted by Crippen LogP contribution is -2.23. The Labute approximate surface area is 128 Å². The second kappa shape index (κ2) is 7.41. The second-order valence-electron chi connectivity index (χ2n) is 4.52. The predicted octanol–water partition coefficient (Wildman–Crippen LogP) is 3.75. The number of hydrogen-bond acceptors (Lipinski definition) is 3. The highest BCUT2D eigenvalue weighted by Crippen LogP contribution is 2.29. The molecule has 0 radical (unpaired) electrons. The number of methoxy groups -OCH3 is 1. The molecule has 0 fully saturated rings. The van der Waals surface area contributed by atoms with Crippen LogP contribution in [0.3, 0.4) is 0 Å². The zero-order valence-corrected chi connectivity index (χ0v) is 13.4. The van der Waals surface area contributed by atoms with E-state index in [-0.39, 0.29) is 6.04 Å². The first-order valence-electron chi connectivity index (χ1n) is 6.71. The van der Waals surface area contributed by atoms with Gasteiger partial charge in [0, 0.05) is 28.8 Å². The van der Waals surface area contributed by atoms with Crippen LogP contribution in [0.4, 0.5) is 0 Å². The zero-order chi connectivity index (χ0) is 14.4.